The maximum atomic E-state index is 5.78. The van der Waals surface area contributed by atoms with Crippen LogP contribution in [0.2, 0.25) is 0 Å². The first-order valence-corrected chi connectivity index (χ1v) is 6.45. The van der Waals surface area contributed by atoms with Gasteiger partial charge in [-0.25, -0.2) is 0 Å². The lowest BCUT2D eigenvalue weighted by Gasteiger charge is -2.22. The second kappa shape index (κ2) is 6.50. The zero-order chi connectivity index (χ0) is 11.9. The van der Waals surface area contributed by atoms with Gasteiger partial charge in [0.05, 0.1) is 13.2 Å². The predicted octanol–water partition coefficient (Wildman–Crippen LogP) is 2.46. The van der Waals surface area contributed by atoms with Gasteiger partial charge in [-0.2, -0.15) is 0 Å². The molecule has 3 nitrogen and oxygen atoms in total. The predicted molar refractivity (Wildman–Crippen MR) is 68.7 cm³/mol. The third-order valence-corrected chi connectivity index (χ3v) is 3.02. The molecular formula is C14H21NO2. The second-order valence-corrected chi connectivity index (χ2v) is 4.43. The van der Waals surface area contributed by atoms with Crippen molar-refractivity contribution in [3.8, 4) is 11.5 Å². The van der Waals surface area contributed by atoms with Crippen LogP contribution in [0, 0.1) is 5.92 Å². The molecule has 0 aliphatic carbocycles. The standard InChI is InChI=1S/C14H21NO2/c1-2-16-13-5-7-14(8-6-13)17-11-12-4-3-9-15-10-12/h5-8,12,15H,2-4,9-11H2,1H3. The number of benzene rings is 1. The van der Waals surface area contributed by atoms with Crippen LogP contribution in [-0.2, 0) is 0 Å². The zero-order valence-electron chi connectivity index (χ0n) is 10.4. The molecule has 0 aromatic heterocycles. The highest BCUT2D eigenvalue weighted by molar-refractivity contribution is 5.31. The lowest BCUT2D eigenvalue weighted by Crippen LogP contribution is -2.33. The van der Waals surface area contributed by atoms with Gasteiger partial charge in [-0.3, -0.25) is 0 Å². The maximum absolute atomic E-state index is 5.78. The van der Waals surface area contributed by atoms with Crippen molar-refractivity contribution < 1.29 is 9.47 Å². The molecule has 1 aliphatic rings. The second-order valence-electron chi connectivity index (χ2n) is 4.43. The average molecular weight is 235 g/mol. The molecule has 1 unspecified atom stereocenters. The molecule has 1 aliphatic heterocycles. The summed E-state index contributed by atoms with van der Waals surface area (Å²) < 4.78 is 11.2. The molecule has 17 heavy (non-hydrogen) atoms. The van der Waals surface area contributed by atoms with E-state index in [-0.39, 0.29) is 0 Å². The molecule has 2 rings (SSSR count). The summed E-state index contributed by atoms with van der Waals surface area (Å²) in [6.07, 6.45) is 2.53. The zero-order valence-corrected chi connectivity index (χ0v) is 10.4. The van der Waals surface area contributed by atoms with Gasteiger partial charge in [0, 0.05) is 12.5 Å². The Kier molecular flexibility index (Phi) is 4.68. The van der Waals surface area contributed by atoms with Crippen molar-refractivity contribution >= 4 is 0 Å². The van der Waals surface area contributed by atoms with Gasteiger partial charge in [-0.1, -0.05) is 0 Å². The summed E-state index contributed by atoms with van der Waals surface area (Å²) in [4.78, 5) is 0. The number of rotatable bonds is 5. The lowest BCUT2D eigenvalue weighted by molar-refractivity contribution is 0.218. The highest BCUT2D eigenvalue weighted by Gasteiger charge is 2.13. The van der Waals surface area contributed by atoms with Crippen LogP contribution in [0.1, 0.15) is 19.8 Å². The van der Waals surface area contributed by atoms with Crippen LogP contribution in [0.15, 0.2) is 24.3 Å². The summed E-state index contributed by atoms with van der Waals surface area (Å²) in [5.41, 5.74) is 0. The Balaban J connectivity index is 1.77. The van der Waals surface area contributed by atoms with Gasteiger partial charge in [0.2, 0.25) is 0 Å². The first-order valence-electron chi connectivity index (χ1n) is 6.45. The van der Waals surface area contributed by atoms with E-state index < -0.39 is 0 Å². The number of piperidine rings is 1. The Hall–Kier alpha value is -1.22. The smallest absolute Gasteiger partial charge is 0.119 e. The van der Waals surface area contributed by atoms with Crippen molar-refractivity contribution in [3.05, 3.63) is 24.3 Å². The van der Waals surface area contributed by atoms with E-state index in [2.05, 4.69) is 5.32 Å². The summed E-state index contributed by atoms with van der Waals surface area (Å²) in [6, 6.07) is 7.86. The Morgan fingerprint density at radius 2 is 1.88 bits per heavy atom. The van der Waals surface area contributed by atoms with Gasteiger partial charge in [0.1, 0.15) is 11.5 Å². The van der Waals surface area contributed by atoms with E-state index >= 15 is 0 Å². The van der Waals surface area contributed by atoms with Crippen molar-refractivity contribution in [2.24, 2.45) is 5.92 Å². The molecule has 3 heteroatoms. The minimum Gasteiger partial charge on any atom is -0.494 e. The van der Waals surface area contributed by atoms with E-state index in [1.54, 1.807) is 0 Å². The van der Waals surface area contributed by atoms with Crippen molar-refractivity contribution in [2.45, 2.75) is 19.8 Å². The first kappa shape index (κ1) is 12.2. The molecule has 94 valence electrons. The number of hydrogen-bond donors (Lipinski definition) is 1. The first-order chi connectivity index (χ1) is 8.38. The van der Waals surface area contributed by atoms with Crippen LogP contribution in [0.5, 0.6) is 11.5 Å². The molecule has 0 spiro atoms. The van der Waals surface area contributed by atoms with E-state index in [9.17, 15) is 0 Å². The molecule has 0 saturated carbocycles. The van der Waals surface area contributed by atoms with Crippen LogP contribution in [0.25, 0.3) is 0 Å². The molecule has 0 radical (unpaired) electrons. The largest absolute Gasteiger partial charge is 0.494 e. The van der Waals surface area contributed by atoms with E-state index in [1.165, 1.54) is 12.8 Å². The molecule has 1 heterocycles. The Morgan fingerprint density at radius 1 is 1.18 bits per heavy atom. The molecule has 1 fully saturated rings. The Morgan fingerprint density at radius 3 is 2.47 bits per heavy atom. The van der Waals surface area contributed by atoms with E-state index in [1.807, 2.05) is 31.2 Å². The molecule has 1 saturated heterocycles. The Bertz CT molecular complexity index is 317. The van der Waals surface area contributed by atoms with E-state index in [4.69, 9.17) is 9.47 Å². The number of hydrogen-bond acceptors (Lipinski definition) is 3. The summed E-state index contributed by atoms with van der Waals surface area (Å²) in [7, 11) is 0. The van der Waals surface area contributed by atoms with Crippen LogP contribution >= 0.6 is 0 Å². The minimum atomic E-state index is 0.648. The molecule has 1 atom stereocenters. The molecule has 1 aromatic carbocycles. The quantitative estimate of drug-likeness (QED) is 0.850. The SMILES string of the molecule is CCOc1ccc(OCC2CCCNC2)cc1. The summed E-state index contributed by atoms with van der Waals surface area (Å²) >= 11 is 0. The third kappa shape index (κ3) is 3.93. The van der Waals surface area contributed by atoms with Crippen LogP contribution in [0.4, 0.5) is 0 Å². The van der Waals surface area contributed by atoms with E-state index in [0.29, 0.717) is 12.5 Å². The Labute approximate surface area is 103 Å². The van der Waals surface area contributed by atoms with Gasteiger partial charge >= 0.3 is 0 Å². The summed E-state index contributed by atoms with van der Waals surface area (Å²) in [6.45, 7) is 5.73. The molecule has 0 bridgehead atoms. The van der Waals surface area contributed by atoms with E-state index in [0.717, 1.165) is 31.2 Å². The van der Waals surface area contributed by atoms with Crippen LogP contribution < -0.4 is 14.8 Å². The molecule has 1 N–H and O–H groups in total. The number of nitrogens with one attached hydrogen (secondary N) is 1. The fourth-order valence-corrected chi connectivity index (χ4v) is 2.08. The van der Waals surface area contributed by atoms with Gasteiger partial charge in [-0.05, 0) is 50.6 Å². The summed E-state index contributed by atoms with van der Waals surface area (Å²) in [5.74, 6) is 2.48. The normalized spacial score (nSPS) is 19.9. The lowest BCUT2D eigenvalue weighted by atomic mass is 10.0. The van der Waals surface area contributed by atoms with Crippen LogP contribution in [0.3, 0.4) is 0 Å². The van der Waals surface area contributed by atoms with Gasteiger partial charge in [0.15, 0.2) is 0 Å². The van der Waals surface area contributed by atoms with Gasteiger partial charge < -0.3 is 14.8 Å². The van der Waals surface area contributed by atoms with Crippen LogP contribution in [-0.4, -0.2) is 26.3 Å². The number of ether oxygens (including phenoxy) is 2. The van der Waals surface area contributed by atoms with Crippen molar-refractivity contribution in [1.29, 1.82) is 0 Å². The maximum Gasteiger partial charge on any atom is 0.119 e. The highest BCUT2D eigenvalue weighted by atomic mass is 16.5. The topological polar surface area (TPSA) is 30.5 Å². The monoisotopic (exact) mass is 235 g/mol. The van der Waals surface area contributed by atoms with Crippen molar-refractivity contribution in [3.63, 3.8) is 0 Å². The minimum absolute atomic E-state index is 0.648. The fourth-order valence-electron chi connectivity index (χ4n) is 2.08. The summed E-state index contributed by atoms with van der Waals surface area (Å²) in [5, 5.41) is 3.40. The molecule has 0 amide bonds. The van der Waals surface area contributed by atoms with Crippen molar-refractivity contribution in [1.82, 2.24) is 5.32 Å². The average Bonchev–Trinajstić information content (AvgIpc) is 2.40. The highest BCUT2D eigenvalue weighted by Crippen LogP contribution is 2.19. The molecular weight excluding hydrogens is 214 g/mol. The van der Waals surface area contributed by atoms with Crippen molar-refractivity contribution in [2.75, 3.05) is 26.3 Å². The van der Waals surface area contributed by atoms with Gasteiger partial charge in [-0.15, -0.1) is 0 Å². The van der Waals surface area contributed by atoms with Gasteiger partial charge in [0.25, 0.3) is 0 Å². The fraction of sp³-hybridized carbons (Fsp3) is 0.571. The molecule has 1 aromatic rings. The third-order valence-electron chi connectivity index (χ3n) is 3.02.